The molecule has 1 unspecified atom stereocenters. The average molecular weight is 296 g/mol. The summed E-state index contributed by atoms with van der Waals surface area (Å²) >= 11 is 0. The SMILES string of the molecule is CNCc1ccc(OC(C)C(=O)NCCC(C)C)c(F)c1. The molecular formula is C16H25FN2O2. The van der Waals surface area contributed by atoms with Crippen LogP contribution in [0.25, 0.3) is 0 Å². The predicted octanol–water partition coefficient (Wildman–Crippen LogP) is 2.47. The Balaban J connectivity index is 2.53. The highest BCUT2D eigenvalue weighted by molar-refractivity contribution is 5.80. The van der Waals surface area contributed by atoms with Gasteiger partial charge < -0.3 is 15.4 Å². The van der Waals surface area contributed by atoms with Crippen molar-refractivity contribution in [1.29, 1.82) is 0 Å². The summed E-state index contributed by atoms with van der Waals surface area (Å²) in [5.74, 6) is -0.0565. The predicted molar refractivity (Wildman–Crippen MR) is 81.7 cm³/mol. The molecule has 0 bridgehead atoms. The normalized spacial score (nSPS) is 12.3. The second-order valence-electron chi connectivity index (χ2n) is 5.53. The van der Waals surface area contributed by atoms with E-state index in [-0.39, 0.29) is 11.7 Å². The number of halogens is 1. The molecule has 0 spiro atoms. The standard InChI is InChI=1S/C16H25FN2O2/c1-11(2)7-8-19-16(20)12(3)21-15-6-5-13(10-18-4)9-14(15)17/h5-6,9,11-12,18H,7-8,10H2,1-4H3,(H,19,20). The van der Waals surface area contributed by atoms with Crippen LogP contribution in [-0.4, -0.2) is 25.6 Å². The first-order chi connectivity index (χ1) is 9.93. The molecule has 0 aliphatic rings. The minimum absolute atomic E-state index is 0.0985. The van der Waals surface area contributed by atoms with Crippen LogP contribution in [0.15, 0.2) is 18.2 Å². The fourth-order valence-corrected chi connectivity index (χ4v) is 1.83. The number of carbonyl (C=O) groups is 1. The Bertz CT molecular complexity index is 464. The first kappa shape index (κ1) is 17.4. The van der Waals surface area contributed by atoms with Gasteiger partial charge in [0.1, 0.15) is 0 Å². The summed E-state index contributed by atoms with van der Waals surface area (Å²) in [6, 6.07) is 4.74. The molecule has 1 amide bonds. The molecule has 1 atom stereocenters. The van der Waals surface area contributed by atoms with Crippen molar-refractivity contribution in [1.82, 2.24) is 10.6 Å². The number of amides is 1. The van der Waals surface area contributed by atoms with Gasteiger partial charge in [0.2, 0.25) is 0 Å². The van der Waals surface area contributed by atoms with Crippen molar-refractivity contribution in [2.24, 2.45) is 5.92 Å². The Hall–Kier alpha value is -1.62. The van der Waals surface area contributed by atoms with E-state index < -0.39 is 11.9 Å². The lowest BCUT2D eigenvalue weighted by Crippen LogP contribution is -2.37. The maximum Gasteiger partial charge on any atom is 0.260 e. The lowest BCUT2D eigenvalue weighted by Gasteiger charge is -2.16. The van der Waals surface area contributed by atoms with Crippen molar-refractivity contribution >= 4 is 5.91 Å². The summed E-state index contributed by atoms with van der Waals surface area (Å²) < 4.78 is 19.3. The van der Waals surface area contributed by atoms with Crippen molar-refractivity contribution in [3.8, 4) is 5.75 Å². The highest BCUT2D eigenvalue weighted by atomic mass is 19.1. The van der Waals surface area contributed by atoms with Crippen LogP contribution in [0.4, 0.5) is 4.39 Å². The molecule has 5 heteroatoms. The minimum atomic E-state index is -0.721. The van der Waals surface area contributed by atoms with Crippen LogP contribution in [0.5, 0.6) is 5.75 Å². The molecule has 1 aromatic carbocycles. The van der Waals surface area contributed by atoms with E-state index in [2.05, 4.69) is 24.5 Å². The highest BCUT2D eigenvalue weighted by Gasteiger charge is 2.16. The number of carbonyl (C=O) groups excluding carboxylic acids is 1. The van der Waals surface area contributed by atoms with Gasteiger partial charge in [-0.15, -0.1) is 0 Å². The molecule has 2 N–H and O–H groups in total. The maximum atomic E-state index is 13.9. The lowest BCUT2D eigenvalue weighted by molar-refractivity contribution is -0.127. The van der Waals surface area contributed by atoms with Gasteiger partial charge in [-0.3, -0.25) is 4.79 Å². The van der Waals surface area contributed by atoms with Gasteiger partial charge in [-0.25, -0.2) is 4.39 Å². The third-order valence-corrected chi connectivity index (χ3v) is 3.07. The van der Waals surface area contributed by atoms with E-state index in [1.165, 1.54) is 6.07 Å². The van der Waals surface area contributed by atoms with Crippen LogP contribution in [-0.2, 0) is 11.3 Å². The Morgan fingerprint density at radius 1 is 1.33 bits per heavy atom. The Kier molecular flexibility index (Phi) is 7.15. The molecule has 0 radical (unpaired) electrons. The summed E-state index contributed by atoms with van der Waals surface area (Å²) in [4.78, 5) is 11.8. The monoisotopic (exact) mass is 296 g/mol. The second-order valence-corrected chi connectivity index (χ2v) is 5.53. The van der Waals surface area contributed by atoms with Crippen molar-refractivity contribution < 1.29 is 13.9 Å². The van der Waals surface area contributed by atoms with Crippen LogP contribution in [0, 0.1) is 11.7 Å². The van der Waals surface area contributed by atoms with E-state index in [9.17, 15) is 9.18 Å². The summed E-state index contributed by atoms with van der Waals surface area (Å²) in [7, 11) is 1.80. The molecule has 118 valence electrons. The number of hydrogen-bond donors (Lipinski definition) is 2. The zero-order valence-corrected chi connectivity index (χ0v) is 13.2. The van der Waals surface area contributed by atoms with Crippen molar-refractivity contribution in [2.75, 3.05) is 13.6 Å². The zero-order valence-electron chi connectivity index (χ0n) is 13.2. The molecule has 1 aromatic rings. The summed E-state index contributed by atoms with van der Waals surface area (Å²) in [5, 5.41) is 5.74. The Morgan fingerprint density at radius 3 is 2.62 bits per heavy atom. The largest absolute Gasteiger partial charge is 0.478 e. The number of benzene rings is 1. The molecule has 0 saturated carbocycles. The van der Waals surface area contributed by atoms with Crippen LogP contribution in [0.2, 0.25) is 0 Å². The molecule has 1 rings (SSSR count). The van der Waals surface area contributed by atoms with Gasteiger partial charge >= 0.3 is 0 Å². The first-order valence-electron chi connectivity index (χ1n) is 7.31. The van der Waals surface area contributed by atoms with Crippen molar-refractivity contribution in [3.63, 3.8) is 0 Å². The summed E-state index contributed by atoms with van der Waals surface area (Å²) in [5.41, 5.74) is 0.830. The van der Waals surface area contributed by atoms with E-state index in [4.69, 9.17) is 4.74 Å². The second kappa shape index (κ2) is 8.62. The molecule has 0 fully saturated rings. The molecular weight excluding hydrogens is 271 g/mol. The maximum absolute atomic E-state index is 13.9. The molecule has 0 aliphatic heterocycles. The van der Waals surface area contributed by atoms with Gasteiger partial charge in [-0.2, -0.15) is 0 Å². The van der Waals surface area contributed by atoms with Gasteiger partial charge in [0.25, 0.3) is 5.91 Å². The Morgan fingerprint density at radius 2 is 2.05 bits per heavy atom. The van der Waals surface area contributed by atoms with Crippen LogP contribution in [0.1, 0.15) is 32.8 Å². The number of rotatable bonds is 8. The minimum Gasteiger partial charge on any atom is -0.478 e. The molecule has 0 saturated heterocycles. The molecule has 0 aromatic heterocycles. The summed E-state index contributed by atoms with van der Waals surface area (Å²) in [6.45, 7) is 6.99. The Labute approximate surface area is 126 Å². The van der Waals surface area contributed by atoms with Gasteiger partial charge in [-0.1, -0.05) is 19.9 Å². The first-order valence-corrected chi connectivity index (χ1v) is 7.31. The van der Waals surface area contributed by atoms with Gasteiger partial charge in [-0.05, 0) is 44.0 Å². The van der Waals surface area contributed by atoms with Crippen molar-refractivity contribution in [3.05, 3.63) is 29.6 Å². The lowest BCUT2D eigenvalue weighted by atomic mass is 10.1. The fourth-order valence-electron chi connectivity index (χ4n) is 1.83. The number of nitrogens with one attached hydrogen (secondary N) is 2. The van der Waals surface area contributed by atoms with E-state index in [1.807, 2.05) is 0 Å². The highest BCUT2D eigenvalue weighted by Crippen LogP contribution is 2.19. The summed E-state index contributed by atoms with van der Waals surface area (Å²) in [6.07, 6.45) is 0.188. The number of hydrogen-bond acceptors (Lipinski definition) is 3. The van der Waals surface area contributed by atoms with E-state index in [1.54, 1.807) is 26.1 Å². The van der Waals surface area contributed by atoms with Gasteiger partial charge in [0.05, 0.1) is 0 Å². The zero-order chi connectivity index (χ0) is 15.8. The average Bonchev–Trinajstić information content (AvgIpc) is 2.41. The molecule has 4 nitrogen and oxygen atoms in total. The van der Waals surface area contributed by atoms with E-state index in [0.29, 0.717) is 19.0 Å². The van der Waals surface area contributed by atoms with Crippen molar-refractivity contribution in [2.45, 2.75) is 39.8 Å². The van der Waals surface area contributed by atoms with Crippen LogP contribution >= 0.6 is 0 Å². The van der Waals surface area contributed by atoms with Gasteiger partial charge in [0.15, 0.2) is 17.7 Å². The molecule has 0 heterocycles. The van der Waals surface area contributed by atoms with E-state index >= 15 is 0 Å². The quantitative estimate of drug-likeness (QED) is 0.775. The third kappa shape index (κ3) is 6.12. The topological polar surface area (TPSA) is 50.4 Å². The van der Waals surface area contributed by atoms with Crippen LogP contribution in [0.3, 0.4) is 0 Å². The fraction of sp³-hybridized carbons (Fsp3) is 0.562. The van der Waals surface area contributed by atoms with Gasteiger partial charge in [0, 0.05) is 13.1 Å². The molecule has 21 heavy (non-hydrogen) atoms. The molecule has 0 aliphatic carbocycles. The number of ether oxygens (including phenoxy) is 1. The smallest absolute Gasteiger partial charge is 0.260 e. The third-order valence-electron chi connectivity index (χ3n) is 3.07. The van der Waals surface area contributed by atoms with E-state index in [0.717, 1.165) is 12.0 Å². The van der Waals surface area contributed by atoms with Crippen LogP contribution < -0.4 is 15.4 Å².